The maximum Gasteiger partial charge on any atom is 0.336 e. The van der Waals surface area contributed by atoms with Gasteiger partial charge in [0.15, 0.2) is 0 Å². The van der Waals surface area contributed by atoms with Gasteiger partial charge in [-0.2, -0.15) is 4.21 Å². The number of hydrogen-bond acceptors (Lipinski definition) is 7. The summed E-state index contributed by atoms with van der Waals surface area (Å²) in [6.07, 6.45) is 5.53. The van der Waals surface area contributed by atoms with E-state index in [-0.39, 0.29) is 43.9 Å². The van der Waals surface area contributed by atoms with E-state index in [1.54, 1.807) is 0 Å². The summed E-state index contributed by atoms with van der Waals surface area (Å²) in [5, 5.41) is 2.79. The Kier molecular flexibility index (Phi) is 8.08. The van der Waals surface area contributed by atoms with E-state index in [2.05, 4.69) is 25.4 Å². The van der Waals surface area contributed by atoms with Gasteiger partial charge >= 0.3 is 17.3 Å². The molecule has 1 amide bonds. The van der Waals surface area contributed by atoms with Crippen molar-refractivity contribution in [1.82, 2.24) is 5.32 Å². The van der Waals surface area contributed by atoms with E-state index in [9.17, 15) is 13.8 Å². The second kappa shape index (κ2) is 10.4. The van der Waals surface area contributed by atoms with Crippen LogP contribution in [-0.4, -0.2) is 55.7 Å². The third-order valence-electron chi connectivity index (χ3n) is 7.15. The quantitative estimate of drug-likeness (QED) is 0.331. The fraction of sp³-hybridized carbons (Fsp3) is 0.652. The molecule has 32 heavy (non-hydrogen) atoms. The summed E-state index contributed by atoms with van der Waals surface area (Å²) in [4.78, 5) is 24.2. The molecule has 1 saturated heterocycles. The van der Waals surface area contributed by atoms with Gasteiger partial charge in [0.05, 0.1) is 24.8 Å². The highest BCUT2D eigenvalue weighted by atomic mass is 32.2. The molecule has 2 saturated carbocycles. The van der Waals surface area contributed by atoms with Crippen molar-refractivity contribution in [2.24, 2.45) is 17.3 Å². The highest BCUT2D eigenvalue weighted by Gasteiger charge is 2.50. The van der Waals surface area contributed by atoms with Gasteiger partial charge in [-0.15, -0.1) is 0 Å². The highest BCUT2D eigenvalue weighted by molar-refractivity contribution is 7.75. The van der Waals surface area contributed by atoms with Gasteiger partial charge in [0, 0.05) is 8.54 Å². The molecule has 180 valence electrons. The number of hydrogen-bond donors (Lipinski definition) is 1. The van der Waals surface area contributed by atoms with Crippen molar-refractivity contribution in [3.63, 3.8) is 0 Å². The molecule has 2 aliphatic carbocycles. The molecular formula is C23H35NO7S. The van der Waals surface area contributed by atoms with Crippen LogP contribution < -0.4 is 5.32 Å². The lowest BCUT2D eigenvalue weighted by atomic mass is 9.52. The van der Waals surface area contributed by atoms with Crippen molar-refractivity contribution < 1.29 is 33.1 Å². The van der Waals surface area contributed by atoms with E-state index in [1.165, 1.54) is 14.2 Å². The Bertz CT molecular complexity index is 845. The lowest BCUT2D eigenvalue weighted by Gasteiger charge is -2.53. The van der Waals surface area contributed by atoms with Gasteiger partial charge in [0.1, 0.15) is 13.2 Å². The Balaban J connectivity index is 0.00000385. The third kappa shape index (κ3) is 5.06. The van der Waals surface area contributed by atoms with E-state index in [0.717, 1.165) is 30.4 Å². The van der Waals surface area contributed by atoms with Crippen LogP contribution in [0.15, 0.2) is 36.0 Å². The summed E-state index contributed by atoms with van der Waals surface area (Å²) in [5.41, 5.74) is 2.47. The average molecular weight is 470 g/mol. The second-order valence-electron chi connectivity index (χ2n) is 8.92. The Hall–Kier alpha value is -1.81. The maximum absolute atomic E-state index is 12.3. The molecule has 3 rings (SSSR count). The van der Waals surface area contributed by atoms with E-state index in [0.29, 0.717) is 18.4 Å². The van der Waals surface area contributed by atoms with Gasteiger partial charge in [-0.25, -0.2) is 4.79 Å². The Morgan fingerprint density at radius 1 is 1.38 bits per heavy atom. The minimum atomic E-state index is -1.79. The molecule has 0 bridgehead atoms. The van der Waals surface area contributed by atoms with Gasteiger partial charge in [-0.3, -0.25) is 13.2 Å². The lowest BCUT2D eigenvalue weighted by Crippen LogP contribution is -2.47. The zero-order chi connectivity index (χ0) is 23.5. The molecule has 6 atom stereocenters. The average Bonchev–Trinajstić information content (AvgIpc) is 3.09. The number of carbonyl (C=O) groups excluding carboxylic acids is 2. The Morgan fingerprint density at radius 2 is 2.12 bits per heavy atom. The molecular weight excluding hydrogens is 434 g/mol. The highest BCUT2D eigenvalue weighted by Crippen LogP contribution is 2.57. The number of cyclic esters (lactones) is 1. The minimum absolute atomic E-state index is 0. The zero-order valence-electron chi connectivity index (χ0n) is 19.0. The number of esters is 1. The summed E-state index contributed by atoms with van der Waals surface area (Å²) in [7, 11) is 2.79. The summed E-state index contributed by atoms with van der Waals surface area (Å²) in [5.74, 6) is -0.363. The van der Waals surface area contributed by atoms with Gasteiger partial charge in [0.2, 0.25) is 5.91 Å². The largest absolute Gasteiger partial charge is 0.460 e. The standard InChI is InChI=1S/C23H33NO7S.H2/c1-14-6-8-18-15(2)20(31-32(27)29-5)10-11-23(18,3)17(14)9-7-16-19(12-30-22(16)26)24-21(25)13-28-4;/h7,17-20H,1-2,6,8-13H2,3-5H3,(H,24,25);1H/b16-7+;/t17-,18-,19-,20-,23+,32?;/m1./s1. The predicted molar refractivity (Wildman–Crippen MR) is 121 cm³/mol. The zero-order valence-corrected chi connectivity index (χ0v) is 19.8. The first-order chi connectivity index (χ1) is 15.2. The second-order valence-corrected chi connectivity index (χ2v) is 9.86. The smallest absolute Gasteiger partial charge is 0.336 e. The predicted octanol–water partition coefficient (Wildman–Crippen LogP) is 2.79. The molecule has 1 heterocycles. The molecule has 0 aromatic rings. The number of carbonyl (C=O) groups is 2. The number of nitrogens with one attached hydrogen (secondary N) is 1. The van der Waals surface area contributed by atoms with Crippen LogP contribution in [0.3, 0.4) is 0 Å². The first kappa shape index (κ1) is 24.8. The monoisotopic (exact) mass is 469 g/mol. The number of amides is 1. The summed E-state index contributed by atoms with van der Waals surface area (Å²) >= 11 is -1.79. The molecule has 1 unspecified atom stereocenters. The first-order valence-electron chi connectivity index (χ1n) is 10.9. The van der Waals surface area contributed by atoms with Crippen molar-refractivity contribution >= 4 is 23.2 Å². The van der Waals surface area contributed by atoms with Gasteiger partial charge in [-0.1, -0.05) is 31.7 Å². The Labute approximate surface area is 193 Å². The maximum atomic E-state index is 12.3. The normalized spacial score (nSPS) is 34.8. The molecule has 0 spiro atoms. The van der Waals surface area contributed by atoms with Crippen molar-refractivity contribution in [2.45, 2.75) is 51.2 Å². The molecule has 8 nitrogen and oxygen atoms in total. The number of fused-ring (bicyclic) bond motifs is 1. The van der Waals surface area contributed by atoms with E-state index in [4.69, 9.17) is 17.8 Å². The topological polar surface area (TPSA) is 100 Å². The fourth-order valence-corrected chi connectivity index (χ4v) is 5.95. The van der Waals surface area contributed by atoms with Crippen LogP contribution in [-0.2, 0) is 38.8 Å². The summed E-state index contributed by atoms with van der Waals surface area (Å²) < 4.78 is 32.1. The molecule has 3 aliphatic rings. The SMILES string of the molecule is C=C1CC[C@@H]2C(=C)[C@H](OS(=O)OC)CC[C@@]2(C)[C@@H]1C/C=C1/C(=O)OC[C@H]1NC(=O)COC.[HH]. The van der Waals surface area contributed by atoms with Crippen LogP contribution in [0.4, 0.5) is 0 Å². The van der Waals surface area contributed by atoms with Crippen molar-refractivity contribution in [2.75, 3.05) is 27.4 Å². The Morgan fingerprint density at radius 3 is 2.81 bits per heavy atom. The lowest BCUT2D eigenvalue weighted by molar-refractivity contribution is -0.135. The van der Waals surface area contributed by atoms with E-state index in [1.807, 2.05) is 6.08 Å². The van der Waals surface area contributed by atoms with Crippen LogP contribution in [0.5, 0.6) is 0 Å². The summed E-state index contributed by atoms with van der Waals surface area (Å²) in [6, 6.07) is -0.478. The minimum Gasteiger partial charge on any atom is -0.460 e. The number of allylic oxidation sites excluding steroid dienone is 2. The van der Waals surface area contributed by atoms with Crippen molar-refractivity contribution in [3.05, 3.63) is 36.0 Å². The molecule has 1 N–H and O–H groups in total. The molecule has 1 aliphatic heterocycles. The molecule has 0 aromatic heterocycles. The van der Waals surface area contributed by atoms with Gasteiger partial charge in [-0.05, 0) is 54.9 Å². The summed E-state index contributed by atoms with van der Waals surface area (Å²) in [6.45, 7) is 10.9. The molecule has 0 radical (unpaired) electrons. The first-order valence-corrected chi connectivity index (χ1v) is 11.9. The van der Waals surface area contributed by atoms with Crippen LogP contribution in [0, 0.1) is 17.3 Å². The fourth-order valence-electron chi connectivity index (χ4n) is 5.46. The van der Waals surface area contributed by atoms with Gasteiger partial charge < -0.3 is 14.8 Å². The van der Waals surface area contributed by atoms with Crippen LogP contribution in [0.2, 0.25) is 0 Å². The third-order valence-corrected chi connectivity index (χ3v) is 7.81. The van der Waals surface area contributed by atoms with Crippen LogP contribution >= 0.6 is 0 Å². The number of rotatable bonds is 8. The number of ether oxygens (including phenoxy) is 2. The molecule has 3 fully saturated rings. The van der Waals surface area contributed by atoms with Gasteiger partial charge in [0.25, 0.3) is 0 Å². The van der Waals surface area contributed by atoms with Crippen molar-refractivity contribution in [3.8, 4) is 0 Å². The van der Waals surface area contributed by atoms with E-state index >= 15 is 0 Å². The van der Waals surface area contributed by atoms with Crippen LogP contribution in [0.1, 0.15) is 40.5 Å². The van der Waals surface area contributed by atoms with E-state index < -0.39 is 23.4 Å². The molecule has 9 heteroatoms. The van der Waals surface area contributed by atoms with Crippen molar-refractivity contribution in [1.29, 1.82) is 0 Å². The number of methoxy groups -OCH3 is 1. The van der Waals surface area contributed by atoms with Crippen LogP contribution in [0.25, 0.3) is 0 Å². The molecule has 0 aromatic carbocycles.